The number of aliphatic carboxylic acids is 1. The highest BCUT2D eigenvalue weighted by molar-refractivity contribution is 5.92. The van der Waals surface area contributed by atoms with Crippen LogP contribution in [0.3, 0.4) is 0 Å². The van der Waals surface area contributed by atoms with Gasteiger partial charge >= 0.3 is 5.97 Å². The smallest absolute Gasteiger partial charge is 0.332 e. The van der Waals surface area contributed by atoms with Crippen LogP contribution in [0.2, 0.25) is 0 Å². The third-order valence-corrected chi connectivity index (χ3v) is 5.23. The van der Waals surface area contributed by atoms with Crippen LogP contribution >= 0.6 is 0 Å². The number of allylic oxidation sites excluding steroid dienone is 12. The van der Waals surface area contributed by atoms with Gasteiger partial charge in [-0.1, -0.05) is 78.9 Å². The molecule has 0 saturated carbocycles. The molecule has 1 atom stereocenters. The molecular weight excluding hydrogens is 384 g/mol. The van der Waals surface area contributed by atoms with E-state index < -0.39 is 5.97 Å². The van der Waals surface area contributed by atoms with Crippen molar-refractivity contribution in [3.8, 4) is 0 Å². The molecule has 0 aliphatic heterocycles. The molecule has 0 aromatic heterocycles. The van der Waals surface area contributed by atoms with Crippen LogP contribution in [0.15, 0.2) is 120 Å². The molecule has 158 valence electrons. The summed E-state index contributed by atoms with van der Waals surface area (Å²) in [7, 11) is 0. The van der Waals surface area contributed by atoms with Gasteiger partial charge in [0.05, 0.1) is 5.57 Å². The molecule has 0 radical (unpaired) electrons. The van der Waals surface area contributed by atoms with Crippen molar-refractivity contribution in [3.63, 3.8) is 0 Å². The Hall–Kier alpha value is -3.59. The van der Waals surface area contributed by atoms with Gasteiger partial charge in [-0.25, -0.2) is 4.79 Å². The molecule has 31 heavy (non-hydrogen) atoms. The van der Waals surface area contributed by atoms with Crippen molar-refractivity contribution >= 4 is 5.97 Å². The van der Waals surface area contributed by atoms with E-state index in [0.29, 0.717) is 24.2 Å². The fourth-order valence-electron chi connectivity index (χ4n) is 3.78. The second-order valence-corrected chi connectivity index (χ2v) is 7.50. The molecule has 0 saturated heterocycles. The zero-order chi connectivity index (χ0) is 22.2. The maximum Gasteiger partial charge on any atom is 0.332 e. The second-order valence-electron chi connectivity index (χ2n) is 7.50. The average Bonchev–Trinajstić information content (AvgIpc) is 3.01. The van der Waals surface area contributed by atoms with Gasteiger partial charge in [-0.05, 0) is 55.2 Å². The van der Waals surface area contributed by atoms with Gasteiger partial charge in [-0.2, -0.15) is 0 Å². The average molecular weight is 413 g/mol. The van der Waals surface area contributed by atoms with Crippen LogP contribution in [-0.4, -0.2) is 11.1 Å². The van der Waals surface area contributed by atoms with E-state index in [1.54, 1.807) is 6.08 Å². The molecule has 0 amide bonds. The van der Waals surface area contributed by atoms with E-state index >= 15 is 0 Å². The molecular formula is C28H28O3. The Kier molecular flexibility index (Phi) is 7.45. The molecule has 3 heteroatoms. The molecule has 1 aromatic carbocycles. The normalized spacial score (nSPS) is 19.2. The van der Waals surface area contributed by atoms with Gasteiger partial charge in [0.15, 0.2) is 0 Å². The summed E-state index contributed by atoms with van der Waals surface area (Å²) < 4.78 is 6.03. The molecule has 3 nitrogen and oxygen atoms in total. The maximum atomic E-state index is 12.4. The van der Waals surface area contributed by atoms with E-state index in [1.165, 1.54) is 0 Å². The minimum absolute atomic E-state index is 0.193. The van der Waals surface area contributed by atoms with Crippen molar-refractivity contribution in [2.24, 2.45) is 0 Å². The number of aryl methyl sites for hydroxylation is 1. The fourth-order valence-corrected chi connectivity index (χ4v) is 3.78. The van der Waals surface area contributed by atoms with Gasteiger partial charge in [-0.3, -0.25) is 0 Å². The van der Waals surface area contributed by atoms with Gasteiger partial charge in [0.1, 0.15) is 11.5 Å². The zero-order valence-corrected chi connectivity index (χ0v) is 18.0. The highest BCUT2D eigenvalue weighted by Crippen LogP contribution is 2.38. The number of ether oxygens (including phenoxy) is 1. The van der Waals surface area contributed by atoms with E-state index in [9.17, 15) is 9.90 Å². The topological polar surface area (TPSA) is 46.5 Å². The summed E-state index contributed by atoms with van der Waals surface area (Å²) in [5, 5.41) is 10.1. The summed E-state index contributed by atoms with van der Waals surface area (Å²) in [5.74, 6) is 0.291. The number of benzene rings is 1. The number of hydrogen-bond acceptors (Lipinski definition) is 2. The van der Waals surface area contributed by atoms with Gasteiger partial charge < -0.3 is 9.84 Å². The standard InChI is InChI=1S/C28H28O3/c1-4-6-14-23(5-2)31-24-15-8-7-12-22(19-24)26-17-10-16-25(27(26)28(29)30)21-13-9-11-20(3)18-21/h4-14,17-19,25H,2,15-16H2,1,3H3,(H,29,30)/b6-4-,23-14+. The predicted molar refractivity (Wildman–Crippen MR) is 126 cm³/mol. The number of rotatable bonds is 7. The van der Waals surface area contributed by atoms with Crippen molar-refractivity contribution in [1.82, 2.24) is 0 Å². The Balaban J connectivity index is 2.04. The molecule has 2 aliphatic carbocycles. The Labute approximate surface area is 184 Å². The van der Waals surface area contributed by atoms with E-state index in [1.807, 2.05) is 80.7 Å². The summed E-state index contributed by atoms with van der Waals surface area (Å²) in [6.45, 7) is 7.77. The first-order valence-corrected chi connectivity index (χ1v) is 10.4. The van der Waals surface area contributed by atoms with Crippen LogP contribution in [0, 0.1) is 6.92 Å². The van der Waals surface area contributed by atoms with Crippen molar-refractivity contribution in [2.45, 2.75) is 32.6 Å². The highest BCUT2D eigenvalue weighted by Gasteiger charge is 2.28. The van der Waals surface area contributed by atoms with Crippen LogP contribution in [-0.2, 0) is 9.53 Å². The fraction of sp³-hybridized carbons (Fsp3) is 0.179. The molecule has 0 spiro atoms. The summed E-state index contributed by atoms with van der Waals surface area (Å²) in [4.78, 5) is 12.4. The summed E-state index contributed by atoms with van der Waals surface area (Å²) in [6, 6.07) is 8.08. The van der Waals surface area contributed by atoms with E-state index in [2.05, 4.69) is 18.7 Å². The quantitative estimate of drug-likeness (QED) is 0.393. The maximum absolute atomic E-state index is 12.4. The third kappa shape index (κ3) is 5.52. The van der Waals surface area contributed by atoms with Gasteiger partial charge in [0, 0.05) is 12.3 Å². The van der Waals surface area contributed by atoms with Gasteiger partial charge in [0.25, 0.3) is 0 Å². The predicted octanol–water partition coefficient (Wildman–Crippen LogP) is 6.85. The van der Waals surface area contributed by atoms with Crippen molar-refractivity contribution in [3.05, 3.63) is 131 Å². The van der Waals surface area contributed by atoms with E-state index in [-0.39, 0.29) is 5.92 Å². The van der Waals surface area contributed by atoms with E-state index in [0.717, 1.165) is 28.0 Å². The minimum atomic E-state index is -0.893. The lowest BCUT2D eigenvalue weighted by Gasteiger charge is -2.24. The lowest BCUT2D eigenvalue weighted by molar-refractivity contribution is -0.133. The molecule has 0 heterocycles. The lowest BCUT2D eigenvalue weighted by atomic mass is 9.79. The first-order valence-electron chi connectivity index (χ1n) is 10.4. The Morgan fingerprint density at radius 1 is 1.29 bits per heavy atom. The Morgan fingerprint density at radius 3 is 2.84 bits per heavy atom. The molecule has 1 N–H and O–H groups in total. The SMILES string of the molecule is C=C/C(=C\C=C/C)OC1=CC(C2=C(C(=O)O)C(c3cccc(C)c3)CC=C2)=CC=CC1. The number of hydrogen-bond donors (Lipinski definition) is 1. The van der Waals surface area contributed by atoms with Crippen LogP contribution in [0.1, 0.15) is 36.8 Å². The number of carboxylic acids is 1. The molecule has 2 aliphatic rings. The van der Waals surface area contributed by atoms with Crippen LogP contribution in [0.4, 0.5) is 0 Å². The van der Waals surface area contributed by atoms with Crippen LogP contribution in [0.25, 0.3) is 0 Å². The second kappa shape index (κ2) is 10.4. The molecule has 0 bridgehead atoms. The van der Waals surface area contributed by atoms with Crippen molar-refractivity contribution in [2.75, 3.05) is 0 Å². The first-order chi connectivity index (χ1) is 15.0. The summed E-state index contributed by atoms with van der Waals surface area (Å²) in [5.41, 5.74) is 4.10. The van der Waals surface area contributed by atoms with Crippen LogP contribution < -0.4 is 0 Å². The van der Waals surface area contributed by atoms with Gasteiger partial charge in [0.2, 0.25) is 0 Å². The molecule has 0 fully saturated rings. The molecule has 1 unspecified atom stereocenters. The lowest BCUT2D eigenvalue weighted by Crippen LogP contribution is -2.16. The Bertz CT molecular complexity index is 1070. The molecule has 3 rings (SSSR count). The Morgan fingerprint density at radius 2 is 2.13 bits per heavy atom. The van der Waals surface area contributed by atoms with Gasteiger partial charge in [-0.15, -0.1) is 0 Å². The molecule has 1 aromatic rings. The summed E-state index contributed by atoms with van der Waals surface area (Å²) in [6.07, 6.45) is 20.4. The highest BCUT2D eigenvalue weighted by atomic mass is 16.5. The first kappa shape index (κ1) is 22.1. The number of carboxylic acid groups (broad SMARTS) is 1. The largest absolute Gasteiger partial charge is 0.478 e. The van der Waals surface area contributed by atoms with Crippen LogP contribution in [0.5, 0.6) is 0 Å². The van der Waals surface area contributed by atoms with Crippen molar-refractivity contribution in [1.29, 1.82) is 0 Å². The minimum Gasteiger partial charge on any atom is -0.478 e. The van der Waals surface area contributed by atoms with E-state index in [4.69, 9.17) is 4.74 Å². The summed E-state index contributed by atoms with van der Waals surface area (Å²) >= 11 is 0. The third-order valence-electron chi connectivity index (χ3n) is 5.23. The monoisotopic (exact) mass is 412 g/mol. The van der Waals surface area contributed by atoms with Crippen molar-refractivity contribution < 1.29 is 14.6 Å². The zero-order valence-electron chi connectivity index (χ0n) is 18.0. The number of carbonyl (C=O) groups is 1.